The molecule has 0 aliphatic carbocycles. The van der Waals surface area contributed by atoms with E-state index in [1.165, 1.54) is 36.3 Å². The number of methoxy groups -OCH3 is 1. The van der Waals surface area contributed by atoms with Gasteiger partial charge in [0.05, 0.1) is 18.7 Å². The third-order valence-corrected chi connectivity index (χ3v) is 5.62. The van der Waals surface area contributed by atoms with Crippen molar-refractivity contribution in [3.8, 4) is 17.2 Å². The van der Waals surface area contributed by atoms with Crippen LogP contribution in [-0.4, -0.2) is 30.7 Å². The van der Waals surface area contributed by atoms with Gasteiger partial charge in [0.15, 0.2) is 11.5 Å². The van der Waals surface area contributed by atoms with Gasteiger partial charge in [-0.05, 0) is 36.4 Å². The molecule has 5 rings (SSSR count). The molecular formula is C25H18FNO6. The standard InChI is InChI=1S/C25H18FNO6/c1-31-16-6-4-5-15(12-16)27-22(17-7-2-3-8-18(17)26)21(24(29)25(27)30)23(28)14-9-10-19-20(11-14)33-13-32-19/h2-12,22,28H,13H2,1H3/b23-21+. The zero-order valence-electron chi connectivity index (χ0n) is 17.4. The Balaban J connectivity index is 1.72. The van der Waals surface area contributed by atoms with Crippen LogP contribution in [0.15, 0.2) is 72.3 Å². The van der Waals surface area contributed by atoms with Gasteiger partial charge in [0.25, 0.3) is 11.7 Å². The van der Waals surface area contributed by atoms with Crippen LogP contribution in [0.3, 0.4) is 0 Å². The monoisotopic (exact) mass is 447 g/mol. The second-order valence-electron chi connectivity index (χ2n) is 7.46. The number of Topliss-reactive ketones (excluding diaryl/α,β-unsaturated/α-hetero) is 1. The molecule has 2 aliphatic rings. The maximum absolute atomic E-state index is 14.9. The lowest BCUT2D eigenvalue weighted by Crippen LogP contribution is -2.29. The number of aliphatic hydroxyl groups excluding tert-OH is 1. The van der Waals surface area contributed by atoms with E-state index in [1.54, 1.807) is 42.5 Å². The summed E-state index contributed by atoms with van der Waals surface area (Å²) in [4.78, 5) is 27.5. The highest BCUT2D eigenvalue weighted by molar-refractivity contribution is 6.51. The van der Waals surface area contributed by atoms with Crippen molar-refractivity contribution < 1.29 is 33.3 Å². The Kier molecular flexibility index (Phi) is 4.97. The highest BCUT2D eigenvalue weighted by Crippen LogP contribution is 2.44. The quantitative estimate of drug-likeness (QED) is 0.367. The predicted molar refractivity (Wildman–Crippen MR) is 117 cm³/mol. The lowest BCUT2D eigenvalue weighted by atomic mass is 9.94. The Morgan fingerprint density at radius 2 is 1.82 bits per heavy atom. The maximum Gasteiger partial charge on any atom is 0.300 e. The summed E-state index contributed by atoms with van der Waals surface area (Å²) in [6.07, 6.45) is 0. The Bertz CT molecular complexity index is 1320. The van der Waals surface area contributed by atoms with Gasteiger partial charge in [-0.25, -0.2) is 4.39 Å². The van der Waals surface area contributed by atoms with Crippen molar-refractivity contribution in [1.82, 2.24) is 0 Å². The molecule has 0 aromatic heterocycles. The molecule has 166 valence electrons. The fraction of sp³-hybridized carbons (Fsp3) is 0.120. The topological polar surface area (TPSA) is 85.3 Å². The van der Waals surface area contributed by atoms with Gasteiger partial charge in [0.2, 0.25) is 6.79 Å². The molecule has 0 radical (unpaired) electrons. The van der Waals surface area contributed by atoms with Crippen molar-refractivity contribution in [1.29, 1.82) is 0 Å². The molecule has 0 spiro atoms. The van der Waals surface area contributed by atoms with E-state index in [0.29, 0.717) is 22.9 Å². The summed E-state index contributed by atoms with van der Waals surface area (Å²) in [6, 6.07) is 15.8. The Labute approximate surface area is 188 Å². The number of ketones is 1. The number of ether oxygens (including phenoxy) is 3. The number of hydrogen-bond donors (Lipinski definition) is 1. The summed E-state index contributed by atoms with van der Waals surface area (Å²) in [5.74, 6) is -1.53. The first-order valence-corrected chi connectivity index (χ1v) is 10.1. The van der Waals surface area contributed by atoms with Crippen LogP contribution >= 0.6 is 0 Å². The molecule has 1 N–H and O–H groups in total. The van der Waals surface area contributed by atoms with Gasteiger partial charge in [-0.3, -0.25) is 14.5 Å². The normalized spacial score (nSPS) is 18.6. The van der Waals surface area contributed by atoms with Crippen molar-refractivity contribution >= 4 is 23.1 Å². The largest absolute Gasteiger partial charge is 0.507 e. The SMILES string of the molecule is COc1cccc(N2C(=O)C(=O)/C(=C(/O)c3ccc4c(c3)OCO4)C2c2ccccc2F)c1. The van der Waals surface area contributed by atoms with Crippen LogP contribution in [0.25, 0.3) is 5.76 Å². The number of carbonyl (C=O) groups is 2. The number of hydrogen-bond acceptors (Lipinski definition) is 6. The highest BCUT2D eigenvalue weighted by Gasteiger charge is 2.48. The van der Waals surface area contributed by atoms with Crippen LogP contribution in [0.1, 0.15) is 17.2 Å². The molecular weight excluding hydrogens is 429 g/mol. The number of fused-ring (bicyclic) bond motifs is 1. The van der Waals surface area contributed by atoms with Crippen molar-refractivity contribution in [2.45, 2.75) is 6.04 Å². The Morgan fingerprint density at radius 3 is 2.61 bits per heavy atom. The summed E-state index contributed by atoms with van der Waals surface area (Å²) in [5.41, 5.74) is 0.410. The minimum Gasteiger partial charge on any atom is -0.507 e. The molecule has 1 fully saturated rings. The maximum atomic E-state index is 14.9. The Hall–Kier alpha value is -4.33. The zero-order valence-corrected chi connectivity index (χ0v) is 17.4. The zero-order chi connectivity index (χ0) is 23.1. The van der Waals surface area contributed by atoms with Crippen LogP contribution in [0, 0.1) is 5.82 Å². The van der Waals surface area contributed by atoms with Crippen LogP contribution in [0.5, 0.6) is 17.2 Å². The second-order valence-corrected chi connectivity index (χ2v) is 7.46. The van der Waals surface area contributed by atoms with Gasteiger partial charge in [0, 0.05) is 22.9 Å². The van der Waals surface area contributed by atoms with E-state index in [0.717, 1.165) is 0 Å². The van der Waals surface area contributed by atoms with Gasteiger partial charge in [-0.15, -0.1) is 0 Å². The fourth-order valence-corrected chi connectivity index (χ4v) is 4.05. The lowest BCUT2D eigenvalue weighted by Gasteiger charge is -2.26. The molecule has 0 saturated carbocycles. The number of halogens is 1. The summed E-state index contributed by atoms with van der Waals surface area (Å²) in [5, 5.41) is 11.2. The molecule has 33 heavy (non-hydrogen) atoms. The molecule has 1 unspecified atom stereocenters. The number of nitrogens with zero attached hydrogens (tertiary/aromatic N) is 1. The minimum atomic E-state index is -1.19. The van der Waals surface area contributed by atoms with Crippen molar-refractivity contribution in [2.24, 2.45) is 0 Å². The van der Waals surface area contributed by atoms with Gasteiger partial charge < -0.3 is 19.3 Å². The third-order valence-electron chi connectivity index (χ3n) is 5.62. The Morgan fingerprint density at radius 1 is 1.03 bits per heavy atom. The smallest absolute Gasteiger partial charge is 0.300 e. The van der Waals surface area contributed by atoms with E-state index in [9.17, 15) is 19.1 Å². The predicted octanol–water partition coefficient (Wildman–Crippen LogP) is 4.19. The molecule has 2 heterocycles. The third kappa shape index (κ3) is 3.36. The second kappa shape index (κ2) is 7.98. The number of amides is 1. The van der Waals surface area contributed by atoms with Crippen molar-refractivity contribution in [3.05, 3.63) is 89.2 Å². The van der Waals surface area contributed by atoms with Crippen LogP contribution in [0.4, 0.5) is 10.1 Å². The van der Waals surface area contributed by atoms with Gasteiger partial charge in [-0.1, -0.05) is 24.3 Å². The highest BCUT2D eigenvalue weighted by atomic mass is 19.1. The first-order valence-electron chi connectivity index (χ1n) is 10.1. The molecule has 1 amide bonds. The molecule has 8 heteroatoms. The van der Waals surface area contributed by atoms with Crippen LogP contribution in [0.2, 0.25) is 0 Å². The number of aliphatic hydroxyl groups is 1. The number of carbonyl (C=O) groups excluding carboxylic acids is 2. The van der Waals surface area contributed by atoms with Crippen LogP contribution < -0.4 is 19.1 Å². The van der Waals surface area contributed by atoms with E-state index in [2.05, 4.69) is 0 Å². The van der Waals surface area contributed by atoms with Gasteiger partial charge in [-0.2, -0.15) is 0 Å². The number of benzene rings is 3. The van der Waals surface area contributed by atoms with Crippen molar-refractivity contribution in [3.63, 3.8) is 0 Å². The lowest BCUT2D eigenvalue weighted by molar-refractivity contribution is -0.132. The molecule has 2 aliphatic heterocycles. The molecule has 7 nitrogen and oxygen atoms in total. The average Bonchev–Trinajstić information content (AvgIpc) is 3.41. The van der Waals surface area contributed by atoms with Crippen LogP contribution in [-0.2, 0) is 9.59 Å². The molecule has 0 bridgehead atoms. The summed E-state index contributed by atoms with van der Waals surface area (Å²) < 4.78 is 30.8. The fourth-order valence-electron chi connectivity index (χ4n) is 4.05. The minimum absolute atomic E-state index is 0.0367. The van der Waals surface area contributed by atoms with E-state index in [1.807, 2.05) is 0 Å². The van der Waals surface area contributed by atoms with E-state index >= 15 is 0 Å². The molecule has 1 saturated heterocycles. The average molecular weight is 447 g/mol. The summed E-state index contributed by atoms with van der Waals surface area (Å²) in [7, 11) is 1.47. The summed E-state index contributed by atoms with van der Waals surface area (Å²) >= 11 is 0. The molecule has 3 aromatic rings. The first kappa shape index (κ1) is 20.6. The van der Waals surface area contributed by atoms with E-state index < -0.39 is 29.3 Å². The molecule has 3 aromatic carbocycles. The van der Waals surface area contributed by atoms with Gasteiger partial charge >= 0.3 is 0 Å². The number of anilines is 1. The summed E-state index contributed by atoms with van der Waals surface area (Å²) in [6.45, 7) is 0.0367. The van der Waals surface area contributed by atoms with E-state index in [-0.39, 0.29) is 23.5 Å². The first-order chi connectivity index (χ1) is 16.0. The van der Waals surface area contributed by atoms with E-state index in [4.69, 9.17) is 14.2 Å². The number of rotatable bonds is 4. The van der Waals surface area contributed by atoms with Gasteiger partial charge in [0.1, 0.15) is 17.3 Å². The van der Waals surface area contributed by atoms with Crippen molar-refractivity contribution in [2.75, 3.05) is 18.8 Å². The molecule has 1 atom stereocenters.